The van der Waals surface area contributed by atoms with Gasteiger partial charge >= 0.3 is 0 Å². The van der Waals surface area contributed by atoms with Gasteiger partial charge in [0.15, 0.2) is 6.20 Å². The van der Waals surface area contributed by atoms with Crippen molar-refractivity contribution in [1.29, 1.82) is 0 Å². The molecule has 23 heavy (non-hydrogen) atoms. The maximum absolute atomic E-state index is 8.55. The standard InChI is InChI=1S/C22H24N/c1-16-8-10-19-11-9-17-6-4-3-5-7-18-12-13-23(2)21(15-18)22(16)20(19)14-17/h8-15H,3-7H2,1-2H3/q+1/i6D2,7D2. The number of hydrogen-bond acceptors (Lipinski definition) is 0. The van der Waals surface area contributed by atoms with Crippen LogP contribution >= 0.6 is 0 Å². The van der Waals surface area contributed by atoms with Crippen molar-refractivity contribution in [2.45, 2.75) is 38.9 Å². The fraction of sp³-hybridized carbons (Fsp3) is 0.318. The van der Waals surface area contributed by atoms with Crippen LogP contribution in [0, 0.1) is 6.92 Å². The van der Waals surface area contributed by atoms with Gasteiger partial charge in [0.25, 0.3) is 0 Å². The zero-order valence-electron chi connectivity index (χ0n) is 17.7. The molecule has 0 aliphatic heterocycles. The second kappa shape index (κ2) is 5.81. The molecule has 0 fully saturated rings. The minimum absolute atomic E-state index is 0.308. The normalized spacial score (nSPS) is 21.5. The first kappa shape index (κ1) is 10.6. The SMILES string of the molecule is [2H]C1([2H])CCCC([2H])([2H])c2ccc3ccc(C)c(c3c2)-c2cc1cc[n+]2C. The molecule has 0 unspecified atom stereocenters. The van der Waals surface area contributed by atoms with Crippen LogP contribution < -0.4 is 4.57 Å². The minimum Gasteiger partial charge on any atom is -0.201 e. The molecule has 1 heterocycles. The molecule has 0 saturated heterocycles. The molecule has 0 amide bonds. The van der Waals surface area contributed by atoms with Crippen LogP contribution in [0.15, 0.2) is 48.7 Å². The van der Waals surface area contributed by atoms with Gasteiger partial charge in [0, 0.05) is 17.6 Å². The molecule has 0 atom stereocenters. The van der Waals surface area contributed by atoms with E-state index in [0.29, 0.717) is 30.4 Å². The van der Waals surface area contributed by atoms with Crippen molar-refractivity contribution < 1.29 is 10.1 Å². The maximum atomic E-state index is 8.55. The van der Waals surface area contributed by atoms with Crippen molar-refractivity contribution in [2.24, 2.45) is 7.05 Å². The number of hydrogen-bond donors (Lipinski definition) is 0. The molecule has 0 saturated carbocycles. The Balaban J connectivity index is 2.12. The first-order chi connectivity index (χ1) is 12.7. The van der Waals surface area contributed by atoms with Crippen LogP contribution in [-0.4, -0.2) is 0 Å². The van der Waals surface area contributed by atoms with E-state index in [1.165, 1.54) is 0 Å². The predicted molar refractivity (Wildman–Crippen MR) is 96.6 cm³/mol. The van der Waals surface area contributed by atoms with Crippen molar-refractivity contribution in [3.63, 3.8) is 0 Å². The monoisotopic (exact) mass is 306 g/mol. The van der Waals surface area contributed by atoms with Gasteiger partial charge in [0.05, 0.1) is 5.56 Å². The van der Waals surface area contributed by atoms with Gasteiger partial charge in [-0.05, 0) is 60.0 Å². The average Bonchev–Trinajstić information content (AvgIpc) is 2.61. The number of aromatic nitrogens is 1. The number of rotatable bonds is 0. The number of benzene rings is 2. The maximum Gasteiger partial charge on any atom is 0.213 e. The summed E-state index contributed by atoms with van der Waals surface area (Å²) in [5, 5.41) is 2.09. The lowest BCUT2D eigenvalue weighted by Gasteiger charge is -2.13. The van der Waals surface area contributed by atoms with E-state index in [1.807, 2.05) is 48.1 Å². The summed E-state index contributed by atoms with van der Waals surface area (Å²) in [4.78, 5) is 0. The lowest BCUT2D eigenvalue weighted by Crippen LogP contribution is -2.30. The molecule has 1 aliphatic carbocycles. The highest BCUT2D eigenvalue weighted by atomic mass is 14.9. The van der Waals surface area contributed by atoms with Crippen molar-refractivity contribution in [1.82, 2.24) is 0 Å². The van der Waals surface area contributed by atoms with Crippen LogP contribution in [0.3, 0.4) is 0 Å². The first-order valence-corrected chi connectivity index (χ1v) is 8.23. The van der Waals surface area contributed by atoms with Gasteiger partial charge in [-0.1, -0.05) is 36.8 Å². The van der Waals surface area contributed by atoms with E-state index in [-0.39, 0.29) is 0 Å². The summed E-state index contributed by atoms with van der Waals surface area (Å²) >= 11 is 0. The Morgan fingerprint density at radius 1 is 0.913 bits per heavy atom. The van der Waals surface area contributed by atoms with Gasteiger partial charge in [-0.3, -0.25) is 0 Å². The summed E-state index contributed by atoms with van der Waals surface area (Å²) in [5.74, 6) is 0. The summed E-state index contributed by atoms with van der Waals surface area (Å²) in [6, 6.07) is 13.8. The highest BCUT2D eigenvalue weighted by Crippen LogP contribution is 2.32. The van der Waals surface area contributed by atoms with Gasteiger partial charge in [-0.25, -0.2) is 4.57 Å². The van der Waals surface area contributed by atoms with Gasteiger partial charge < -0.3 is 0 Å². The summed E-state index contributed by atoms with van der Waals surface area (Å²) in [6.07, 6.45) is 0.0914. The smallest absolute Gasteiger partial charge is 0.201 e. The molecule has 1 heteroatoms. The molecule has 3 aromatic rings. The van der Waals surface area contributed by atoms with E-state index in [4.69, 9.17) is 5.48 Å². The number of pyridine rings is 1. The second-order valence-corrected chi connectivity index (χ2v) is 6.31. The number of aryl methyl sites for hydroxylation is 4. The molecule has 1 aliphatic rings. The van der Waals surface area contributed by atoms with E-state index in [0.717, 1.165) is 27.6 Å². The Morgan fingerprint density at radius 2 is 1.65 bits per heavy atom. The average molecular weight is 306 g/mol. The molecular formula is C22H24N+. The first-order valence-electron chi connectivity index (χ1n) is 10.2. The molecular weight excluding hydrogens is 278 g/mol. The lowest BCUT2D eigenvalue weighted by molar-refractivity contribution is -0.660. The van der Waals surface area contributed by atoms with Crippen LogP contribution in [0.2, 0.25) is 0 Å². The highest BCUT2D eigenvalue weighted by molar-refractivity contribution is 5.97. The molecule has 1 nitrogen and oxygen atoms in total. The third-order valence-corrected chi connectivity index (χ3v) is 4.65. The quantitative estimate of drug-likeness (QED) is 0.520. The zero-order chi connectivity index (χ0) is 19.4. The van der Waals surface area contributed by atoms with Gasteiger partial charge in [-0.15, -0.1) is 0 Å². The summed E-state index contributed by atoms with van der Waals surface area (Å²) in [6.45, 7) is 2.06. The van der Waals surface area contributed by atoms with Crippen LogP contribution in [0.1, 0.15) is 41.4 Å². The Morgan fingerprint density at radius 3 is 2.48 bits per heavy atom. The summed E-state index contributed by atoms with van der Waals surface area (Å²) < 4.78 is 36.2. The highest BCUT2D eigenvalue weighted by Gasteiger charge is 2.17. The predicted octanol–water partition coefficient (Wildman–Crippen LogP) is 4.91. The number of fused-ring (bicyclic) bond motifs is 4. The topological polar surface area (TPSA) is 3.88 Å². The van der Waals surface area contributed by atoms with Crippen molar-refractivity contribution in [3.05, 3.63) is 65.4 Å². The fourth-order valence-electron chi connectivity index (χ4n) is 3.36. The lowest BCUT2D eigenvalue weighted by atomic mass is 9.92. The van der Waals surface area contributed by atoms with Crippen LogP contribution in [0.25, 0.3) is 22.0 Å². The summed E-state index contributed by atoms with van der Waals surface area (Å²) in [7, 11) is 1.97. The Labute approximate surface area is 144 Å². The van der Waals surface area contributed by atoms with Gasteiger partial charge in [0.2, 0.25) is 5.69 Å². The second-order valence-electron chi connectivity index (χ2n) is 6.31. The molecule has 1 aromatic heterocycles. The minimum atomic E-state index is -1.48. The van der Waals surface area contributed by atoms with E-state index in [1.54, 1.807) is 0 Å². The molecule has 4 bridgehead atoms. The van der Waals surface area contributed by atoms with Crippen LogP contribution in [-0.2, 0) is 19.8 Å². The Bertz CT molecular complexity index is 1040. The number of nitrogens with zero attached hydrogens (tertiary/aromatic N) is 1. The van der Waals surface area contributed by atoms with Crippen molar-refractivity contribution in [3.8, 4) is 11.3 Å². The Kier molecular flexibility index (Phi) is 2.67. The third-order valence-electron chi connectivity index (χ3n) is 4.65. The molecule has 116 valence electrons. The van der Waals surface area contributed by atoms with E-state index >= 15 is 0 Å². The summed E-state index contributed by atoms with van der Waals surface area (Å²) in [5.41, 5.74) is 4.43. The van der Waals surface area contributed by atoms with Gasteiger partial charge in [-0.2, -0.15) is 0 Å². The molecule has 2 aromatic carbocycles. The third kappa shape index (κ3) is 2.65. The molecule has 4 rings (SSSR count). The Hall–Kier alpha value is -2.15. The molecule has 0 N–H and O–H groups in total. The van der Waals surface area contributed by atoms with Crippen LogP contribution in [0.5, 0.6) is 0 Å². The molecule has 0 spiro atoms. The van der Waals surface area contributed by atoms with Crippen molar-refractivity contribution >= 4 is 10.8 Å². The molecule has 0 radical (unpaired) electrons. The van der Waals surface area contributed by atoms with E-state index in [2.05, 4.69) is 19.1 Å². The van der Waals surface area contributed by atoms with E-state index < -0.39 is 12.7 Å². The van der Waals surface area contributed by atoms with Gasteiger partial charge in [0.1, 0.15) is 7.05 Å². The fourth-order valence-corrected chi connectivity index (χ4v) is 3.36. The zero-order valence-corrected chi connectivity index (χ0v) is 13.7. The van der Waals surface area contributed by atoms with Crippen molar-refractivity contribution in [2.75, 3.05) is 0 Å². The van der Waals surface area contributed by atoms with Crippen LogP contribution in [0.4, 0.5) is 0 Å². The van der Waals surface area contributed by atoms with E-state index in [9.17, 15) is 0 Å². The largest absolute Gasteiger partial charge is 0.213 e.